The number of hydrogen-bond acceptors (Lipinski definition) is 6. The van der Waals surface area contributed by atoms with Crippen molar-refractivity contribution in [3.63, 3.8) is 0 Å². The van der Waals surface area contributed by atoms with E-state index in [9.17, 15) is 4.79 Å². The molecule has 0 saturated carbocycles. The summed E-state index contributed by atoms with van der Waals surface area (Å²) < 4.78 is 1.98. The molecular weight excluding hydrogens is 426 g/mol. The Kier molecular flexibility index (Phi) is 5.49. The van der Waals surface area contributed by atoms with Crippen molar-refractivity contribution in [1.29, 1.82) is 0 Å². The smallest absolute Gasteiger partial charge is 0.221 e. The molecule has 0 aliphatic carbocycles. The molecule has 34 heavy (non-hydrogen) atoms. The van der Waals surface area contributed by atoms with Crippen LogP contribution in [0.3, 0.4) is 0 Å². The summed E-state index contributed by atoms with van der Waals surface area (Å²) in [5, 5.41) is 2.78. The van der Waals surface area contributed by atoms with Crippen LogP contribution < -0.4 is 16.8 Å². The number of carbonyl (C=O) groups excluding carboxylic acids is 1. The highest BCUT2D eigenvalue weighted by molar-refractivity contribution is 5.89. The minimum absolute atomic E-state index is 0.112. The van der Waals surface area contributed by atoms with Crippen molar-refractivity contribution in [3.8, 4) is 28.3 Å². The lowest BCUT2D eigenvalue weighted by molar-refractivity contribution is -0.114. The molecule has 2 aromatic carbocycles. The molecule has 0 radical (unpaired) electrons. The maximum absolute atomic E-state index is 11.3. The Morgan fingerprint density at radius 2 is 1.74 bits per heavy atom. The number of amides is 1. The quantitative estimate of drug-likeness (QED) is 0.370. The fraction of sp³-hybridized carbons (Fsp3) is 0.0769. The Balaban J connectivity index is 1.68. The van der Waals surface area contributed by atoms with E-state index >= 15 is 0 Å². The molecule has 0 aliphatic rings. The second kappa shape index (κ2) is 8.76. The predicted octanol–water partition coefficient (Wildman–Crippen LogP) is 4.15. The molecule has 0 saturated heterocycles. The minimum Gasteiger partial charge on any atom is -0.383 e. The molecule has 0 spiro atoms. The average molecular weight is 450 g/mol. The molecule has 168 valence electrons. The van der Waals surface area contributed by atoms with Crippen molar-refractivity contribution in [2.24, 2.45) is 5.73 Å². The first-order chi connectivity index (χ1) is 16.5. The van der Waals surface area contributed by atoms with Gasteiger partial charge in [0.25, 0.3) is 0 Å². The van der Waals surface area contributed by atoms with Crippen LogP contribution in [0.5, 0.6) is 0 Å². The number of pyridine rings is 2. The van der Waals surface area contributed by atoms with E-state index in [4.69, 9.17) is 21.4 Å². The van der Waals surface area contributed by atoms with Crippen LogP contribution in [-0.4, -0.2) is 25.4 Å². The maximum atomic E-state index is 11.3. The molecule has 0 fully saturated rings. The van der Waals surface area contributed by atoms with Crippen LogP contribution >= 0.6 is 0 Å². The molecule has 0 unspecified atom stereocenters. The molecule has 3 heterocycles. The Morgan fingerprint density at radius 1 is 0.971 bits per heavy atom. The SMILES string of the molecule is CC(=O)Nc1ccc(-c2ccc3nc(-c4cccnc4N)n(-c4ccc(CN)cc4)c3n2)cc1. The lowest BCUT2D eigenvalue weighted by Crippen LogP contribution is -2.05. The number of rotatable bonds is 5. The molecule has 3 aromatic heterocycles. The molecule has 5 aromatic rings. The van der Waals surface area contributed by atoms with Gasteiger partial charge in [0.05, 0.1) is 11.3 Å². The maximum Gasteiger partial charge on any atom is 0.221 e. The summed E-state index contributed by atoms with van der Waals surface area (Å²) in [5.41, 5.74) is 18.5. The first-order valence-corrected chi connectivity index (χ1v) is 10.8. The molecular formula is C26H23N7O. The zero-order valence-electron chi connectivity index (χ0n) is 18.6. The zero-order chi connectivity index (χ0) is 23.7. The van der Waals surface area contributed by atoms with Gasteiger partial charge in [-0.1, -0.05) is 24.3 Å². The summed E-state index contributed by atoms with van der Waals surface area (Å²) in [6.07, 6.45) is 1.66. The van der Waals surface area contributed by atoms with E-state index in [1.54, 1.807) is 6.20 Å². The summed E-state index contributed by atoms with van der Waals surface area (Å²) in [6, 6.07) is 23.1. The fourth-order valence-electron chi connectivity index (χ4n) is 3.86. The lowest BCUT2D eigenvalue weighted by atomic mass is 10.1. The molecule has 0 bridgehead atoms. The van der Waals surface area contributed by atoms with Gasteiger partial charge in [0.2, 0.25) is 5.91 Å². The van der Waals surface area contributed by atoms with Crippen LogP contribution in [0.25, 0.3) is 39.5 Å². The van der Waals surface area contributed by atoms with E-state index in [1.807, 2.05) is 77.4 Å². The Hall–Kier alpha value is -4.56. The third-order valence-electron chi connectivity index (χ3n) is 5.52. The van der Waals surface area contributed by atoms with Crippen LogP contribution in [-0.2, 0) is 11.3 Å². The summed E-state index contributed by atoms with van der Waals surface area (Å²) in [6.45, 7) is 1.95. The lowest BCUT2D eigenvalue weighted by Gasteiger charge is -2.11. The van der Waals surface area contributed by atoms with Crippen LogP contribution in [0.15, 0.2) is 79.0 Å². The van der Waals surface area contributed by atoms with Gasteiger partial charge in [-0.05, 0) is 54.1 Å². The summed E-state index contributed by atoms with van der Waals surface area (Å²) in [7, 11) is 0. The number of nitrogen functional groups attached to an aromatic ring is 1. The molecule has 8 nitrogen and oxygen atoms in total. The van der Waals surface area contributed by atoms with E-state index in [0.29, 0.717) is 23.8 Å². The van der Waals surface area contributed by atoms with E-state index in [-0.39, 0.29) is 5.91 Å². The van der Waals surface area contributed by atoms with Gasteiger partial charge in [-0.25, -0.2) is 15.0 Å². The highest BCUT2D eigenvalue weighted by atomic mass is 16.1. The summed E-state index contributed by atoms with van der Waals surface area (Å²) >= 11 is 0. The number of hydrogen-bond donors (Lipinski definition) is 3. The normalized spacial score (nSPS) is 11.0. The second-order valence-corrected chi connectivity index (χ2v) is 7.88. The molecule has 0 atom stereocenters. The first-order valence-electron chi connectivity index (χ1n) is 10.8. The van der Waals surface area contributed by atoms with E-state index in [0.717, 1.165) is 39.3 Å². The van der Waals surface area contributed by atoms with Gasteiger partial charge >= 0.3 is 0 Å². The highest BCUT2D eigenvalue weighted by Gasteiger charge is 2.18. The monoisotopic (exact) mass is 449 g/mol. The highest BCUT2D eigenvalue weighted by Crippen LogP contribution is 2.32. The van der Waals surface area contributed by atoms with Crippen molar-refractivity contribution >= 4 is 28.6 Å². The van der Waals surface area contributed by atoms with Gasteiger partial charge in [-0.3, -0.25) is 9.36 Å². The van der Waals surface area contributed by atoms with E-state index < -0.39 is 0 Å². The topological polar surface area (TPSA) is 125 Å². The standard InChI is InChI=1S/C26H23N7O/c1-16(34)30-19-8-6-18(7-9-19)22-12-13-23-26(31-22)33(20-10-4-17(15-27)5-11-20)25(32-23)21-3-2-14-29-24(21)28/h2-14H,15,27H2,1H3,(H2,28,29)(H,30,34). The van der Waals surface area contributed by atoms with Crippen molar-refractivity contribution in [2.45, 2.75) is 13.5 Å². The predicted molar refractivity (Wildman–Crippen MR) is 134 cm³/mol. The molecule has 1 amide bonds. The number of nitrogens with zero attached hydrogens (tertiary/aromatic N) is 4. The zero-order valence-corrected chi connectivity index (χ0v) is 18.6. The van der Waals surface area contributed by atoms with Crippen molar-refractivity contribution in [2.75, 3.05) is 11.1 Å². The Morgan fingerprint density at radius 3 is 2.41 bits per heavy atom. The Bertz CT molecular complexity index is 1490. The second-order valence-electron chi connectivity index (χ2n) is 7.88. The van der Waals surface area contributed by atoms with Crippen molar-refractivity contribution in [3.05, 3.63) is 84.6 Å². The third-order valence-corrected chi connectivity index (χ3v) is 5.52. The Labute approximate surface area is 196 Å². The molecule has 5 rings (SSSR count). The number of anilines is 2. The van der Waals surface area contributed by atoms with Gasteiger partial charge in [0.1, 0.15) is 11.3 Å². The molecule has 5 N–H and O–H groups in total. The largest absolute Gasteiger partial charge is 0.383 e. The first kappa shape index (κ1) is 21.3. The minimum atomic E-state index is -0.112. The van der Waals surface area contributed by atoms with Crippen LogP contribution in [0, 0.1) is 0 Å². The third kappa shape index (κ3) is 3.98. The van der Waals surface area contributed by atoms with Gasteiger partial charge in [0, 0.05) is 36.6 Å². The van der Waals surface area contributed by atoms with Gasteiger partial charge in [-0.2, -0.15) is 0 Å². The number of carbonyl (C=O) groups is 1. The number of nitrogens with two attached hydrogens (primary N) is 2. The number of aromatic nitrogens is 4. The average Bonchev–Trinajstić information content (AvgIpc) is 3.23. The van der Waals surface area contributed by atoms with Crippen LogP contribution in [0.1, 0.15) is 12.5 Å². The van der Waals surface area contributed by atoms with E-state index in [1.165, 1.54) is 6.92 Å². The summed E-state index contributed by atoms with van der Waals surface area (Å²) in [4.78, 5) is 25.4. The summed E-state index contributed by atoms with van der Waals surface area (Å²) in [5.74, 6) is 0.942. The van der Waals surface area contributed by atoms with Gasteiger partial charge < -0.3 is 16.8 Å². The van der Waals surface area contributed by atoms with Crippen molar-refractivity contribution < 1.29 is 4.79 Å². The van der Waals surface area contributed by atoms with Crippen molar-refractivity contribution in [1.82, 2.24) is 19.5 Å². The fourth-order valence-corrected chi connectivity index (χ4v) is 3.86. The van der Waals surface area contributed by atoms with E-state index in [2.05, 4.69) is 10.3 Å². The van der Waals surface area contributed by atoms with Gasteiger partial charge in [0.15, 0.2) is 11.5 Å². The number of nitrogens with one attached hydrogen (secondary N) is 1. The number of imidazole rings is 1. The number of fused-ring (bicyclic) bond motifs is 1. The van der Waals surface area contributed by atoms with Crippen LogP contribution in [0.2, 0.25) is 0 Å². The van der Waals surface area contributed by atoms with Gasteiger partial charge in [-0.15, -0.1) is 0 Å². The number of benzene rings is 2. The molecule has 8 heteroatoms. The molecule has 0 aliphatic heterocycles. The van der Waals surface area contributed by atoms with Crippen LogP contribution in [0.4, 0.5) is 11.5 Å².